The largest absolute Gasteiger partial charge is 0.392 e. The molecule has 4 rings (SSSR count). The molecule has 0 atom stereocenters. The lowest BCUT2D eigenvalue weighted by Crippen LogP contribution is -1.94. The van der Waals surface area contributed by atoms with Crippen molar-refractivity contribution in [3.05, 3.63) is 90.8 Å². The molecule has 4 heteroatoms. The van der Waals surface area contributed by atoms with Gasteiger partial charge in [0.05, 0.1) is 29.4 Å². The molecule has 0 bridgehead atoms. The molecular weight excluding hydrogens is 322 g/mol. The van der Waals surface area contributed by atoms with Crippen LogP contribution in [0.5, 0.6) is 0 Å². The first kappa shape index (κ1) is 16.1. The molecule has 0 spiro atoms. The van der Waals surface area contributed by atoms with Gasteiger partial charge in [0, 0.05) is 12.4 Å². The van der Waals surface area contributed by atoms with E-state index in [1.54, 1.807) is 12.4 Å². The van der Waals surface area contributed by atoms with E-state index in [9.17, 15) is 5.11 Å². The molecule has 0 amide bonds. The van der Waals surface area contributed by atoms with Crippen molar-refractivity contribution >= 4 is 0 Å². The van der Waals surface area contributed by atoms with Gasteiger partial charge in [-0.15, -0.1) is 0 Å². The smallest absolute Gasteiger partial charge is 0.0900 e. The van der Waals surface area contributed by atoms with Crippen molar-refractivity contribution in [1.29, 1.82) is 0 Å². The number of nitrogens with zero attached hydrogens (tertiary/aromatic N) is 3. The summed E-state index contributed by atoms with van der Waals surface area (Å²) in [7, 11) is 0. The Morgan fingerprint density at radius 2 is 1.19 bits per heavy atom. The molecule has 3 aromatic heterocycles. The number of hydrogen-bond acceptors (Lipinski definition) is 4. The van der Waals surface area contributed by atoms with E-state index in [1.165, 1.54) is 0 Å². The van der Waals surface area contributed by atoms with Gasteiger partial charge in [-0.2, -0.15) is 0 Å². The molecule has 3 heterocycles. The fourth-order valence-electron chi connectivity index (χ4n) is 2.79. The highest BCUT2D eigenvalue weighted by Gasteiger charge is 2.10. The molecule has 0 fully saturated rings. The molecule has 26 heavy (non-hydrogen) atoms. The molecule has 1 aromatic carbocycles. The molecular formula is C22H17N3O. The summed E-state index contributed by atoms with van der Waals surface area (Å²) in [6, 6.07) is 23.5. The summed E-state index contributed by atoms with van der Waals surface area (Å²) < 4.78 is 0. The molecule has 0 radical (unpaired) electrons. The second-order valence-corrected chi connectivity index (χ2v) is 5.91. The Balaban J connectivity index is 1.87. The molecule has 0 aliphatic rings. The van der Waals surface area contributed by atoms with Crippen LogP contribution in [0.15, 0.2) is 85.2 Å². The van der Waals surface area contributed by atoms with Crippen molar-refractivity contribution in [3.63, 3.8) is 0 Å². The van der Waals surface area contributed by atoms with Crippen LogP contribution in [0, 0.1) is 0 Å². The van der Waals surface area contributed by atoms with Crippen LogP contribution in [0.2, 0.25) is 0 Å². The maximum Gasteiger partial charge on any atom is 0.0900 e. The predicted octanol–water partition coefficient (Wildman–Crippen LogP) is 4.36. The Hall–Kier alpha value is -3.37. The number of aromatic nitrogens is 3. The Morgan fingerprint density at radius 1 is 0.615 bits per heavy atom. The lowest BCUT2D eigenvalue weighted by molar-refractivity contribution is 0.282. The summed E-state index contributed by atoms with van der Waals surface area (Å²) in [4.78, 5) is 13.6. The van der Waals surface area contributed by atoms with Crippen LogP contribution in [0.25, 0.3) is 33.9 Å². The molecule has 0 saturated carbocycles. The highest BCUT2D eigenvalue weighted by molar-refractivity contribution is 5.74. The van der Waals surface area contributed by atoms with Crippen molar-refractivity contribution in [2.45, 2.75) is 6.61 Å². The van der Waals surface area contributed by atoms with Crippen molar-refractivity contribution in [3.8, 4) is 33.9 Å². The van der Waals surface area contributed by atoms with Gasteiger partial charge < -0.3 is 5.11 Å². The van der Waals surface area contributed by atoms with Gasteiger partial charge in [0.2, 0.25) is 0 Å². The van der Waals surface area contributed by atoms with E-state index in [2.05, 4.69) is 9.97 Å². The standard InChI is InChI=1S/C22H17N3O/c26-15-16-7-9-17(10-8-16)18-13-21(19-5-1-3-11-23-19)25-22(14-18)20-6-2-4-12-24-20/h1-14,26H,15H2. The molecule has 0 aliphatic heterocycles. The molecule has 0 aliphatic carbocycles. The van der Waals surface area contributed by atoms with E-state index in [4.69, 9.17) is 4.98 Å². The molecule has 1 N–H and O–H groups in total. The van der Waals surface area contributed by atoms with Crippen LogP contribution in [-0.2, 0) is 6.61 Å². The number of aliphatic hydroxyl groups excluding tert-OH is 1. The molecule has 0 unspecified atom stereocenters. The molecule has 0 saturated heterocycles. The van der Waals surface area contributed by atoms with Crippen LogP contribution in [0.1, 0.15) is 5.56 Å². The maximum absolute atomic E-state index is 9.26. The number of aliphatic hydroxyl groups is 1. The van der Waals surface area contributed by atoms with Crippen LogP contribution in [0.4, 0.5) is 0 Å². The van der Waals surface area contributed by atoms with Crippen molar-refractivity contribution in [2.24, 2.45) is 0 Å². The fraction of sp³-hybridized carbons (Fsp3) is 0.0455. The van der Waals surface area contributed by atoms with Gasteiger partial charge in [-0.25, -0.2) is 4.98 Å². The first-order valence-corrected chi connectivity index (χ1v) is 8.38. The molecule has 126 valence electrons. The second-order valence-electron chi connectivity index (χ2n) is 5.91. The van der Waals surface area contributed by atoms with Crippen molar-refractivity contribution in [2.75, 3.05) is 0 Å². The topological polar surface area (TPSA) is 58.9 Å². The number of pyridine rings is 3. The highest BCUT2D eigenvalue weighted by Crippen LogP contribution is 2.28. The third kappa shape index (κ3) is 3.36. The van der Waals surface area contributed by atoms with Gasteiger partial charge >= 0.3 is 0 Å². The summed E-state index contributed by atoms with van der Waals surface area (Å²) in [5.41, 5.74) is 6.21. The fourth-order valence-corrected chi connectivity index (χ4v) is 2.79. The molecule has 4 nitrogen and oxygen atoms in total. The Morgan fingerprint density at radius 3 is 1.65 bits per heavy atom. The van der Waals surface area contributed by atoms with Gasteiger partial charge in [-0.1, -0.05) is 36.4 Å². The third-order valence-electron chi connectivity index (χ3n) is 4.15. The second kappa shape index (κ2) is 7.25. The summed E-state index contributed by atoms with van der Waals surface area (Å²) in [6.45, 7) is 0.0367. The van der Waals surface area contributed by atoms with E-state index in [1.807, 2.05) is 72.8 Å². The van der Waals surface area contributed by atoms with E-state index in [-0.39, 0.29) is 6.61 Å². The zero-order chi connectivity index (χ0) is 17.8. The number of benzene rings is 1. The van der Waals surface area contributed by atoms with Crippen LogP contribution < -0.4 is 0 Å². The maximum atomic E-state index is 9.26. The minimum absolute atomic E-state index is 0.0367. The van der Waals surface area contributed by atoms with Crippen molar-refractivity contribution < 1.29 is 5.11 Å². The van der Waals surface area contributed by atoms with Crippen LogP contribution >= 0.6 is 0 Å². The van der Waals surface area contributed by atoms with Gasteiger partial charge in [-0.05, 0) is 53.1 Å². The summed E-state index contributed by atoms with van der Waals surface area (Å²) in [6.07, 6.45) is 3.53. The summed E-state index contributed by atoms with van der Waals surface area (Å²) in [5, 5.41) is 9.26. The lowest BCUT2D eigenvalue weighted by Gasteiger charge is -2.09. The summed E-state index contributed by atoms with van der Waals surface area (Å²) >= 11 is 0. The van der Waals surface area contributed by atoms with Crippen molar-refractivity contribution in [1.82, 2.24) is 15.0 Å². The number of rotatable bonds is 4. The van der Waals surface area contributed by atoms with Gasteiger partial charge in [0.15, 0.2) is 0 Å². The monoisotopic (exact) mass is 339 g/mol. The Kier molecular flexibility index (Phi) is 4.50. The number of hydrogen-bond donors (Lipinski definition) is 1. The van der Waals surface area contributed by atoms with E-state index >= 15 is 0 Å². The zero-order valence-electron chi connectivity index (χ0n) is 14.1. The highest BCUT2D eigenvalue weighted by atomic mass is 16.3. The Labute approximate surface area is 151 Å². The normalized spacial score (nSPS) is 10.7. The first-order valence-electron chi connectivity index (χ1n) is 8.38. The molecule has 4 aromatic rings. The van der Waals surface area contributed by atoms with E-state index in [0.717, 1.165) is 39.5 Å². The Bertz CT molecular complexity index is 943. The van der Waals surface area contributed by atoms with E-state index in [0.29, 0.717) is 0 Å². The van der Waals surface area contributed by atoms with Crippen LogP contribution in [0.3, 0.4) is 0 Å². The average Bonchev–Trinajstić information content (AvgIpc) is 2.75. The lowest BCUT2D eigenvalue weighted by atomic mass is 10.0. The third-order valence-corrected chi connectivity index (χ3v) is 4.15. The minimum Gasteiger partial charge on any atom is -0.392 e. The average molecular weight is 339 g/mol. The van der Waals surface area contributed by atoms with Crippen LogP contribution in [-0.4, -0.2) is 20.1 Å². The quantitative estimate of drug-likeness (QED) is 0.600. The minimum atomic E-state index is 0.0367. The SMILES string of the molecule is OCc1ccc(-c2cc(-c3ccccn3)nc(-c3ccccn3)c2)cc1. The first-order chi connectivity index (χ1) is 12.8. The van der Waals surface area contributed by atoms with E-state index < -0.39 is 0 Å². The van der Waals surface area contributed by atoms with Gasteiger partial charge in [0.25, 0.3) is 0 Å². The summed E-state index contributed by atoms with van der Waals surface area (Å²) in [5.74, 6) is 0. The zero-order valence-corrected chi connectivity index (χ0v) is 14.1. The van der Waals surface area contributed by atoms with Gasteiger partial charge in [0.1, 0.15) is 0 Å². The predicted molar refractivity (Wildman–Crippen MR) is 102 cm³/mol. The van der Waals surface area contributed by atoms with Gasteiger partial charge in [-0.3, -0.25) is 9.97 Å².